The topological polar surface area (TPSA) is 55.2 Å². The van der Waals surface area contributed by atoms with Crippen LogP contribution in [0, 0.1) is 25.6 Å². The van der Waals surface area contributed by atoms with Gasteiger partial charge in [0.15, 0.2) is 0 Å². The molecule has 1 atom stereocenters. The zero-order chi connectivity index (χ0) is 25.3. The number of carbonyl (C=O) groups excluding carboxylic acids is 1. The summed E-state index contributed by atoms with van der Waals surface area (Å²) >= 11 is 0. The summed E-state index contributed by atoms with van der Waals surface area (Å²) in [7, 11) is 0. The predicted octanol–water partition coefficient (Wildman–Crippen LogP) is 6.00. The van der Waals surface area contributed by atoms with E-state index >= 15 is 0 Å². The smallest absolute Gasteiger partial charge is 0.266 e. The summed E-state index contributed by atoms with van der Waals surface area (Å²) in [4.78, 5) is 33.9. The van der Waals surface area contributed by atoms with Crippen LogP contribution < -0.4 is 5.56 Å². The molecule has 0 saturated carbocycles. The maximum absolute atomic E-state index is 14.6. The number of fused-ring (bicyclic) bond motifs is 1. The molecular formula is C29H30FN3O2. The SMILES string of the molecule is Cc1ccc(-n2c(C(C)N(CC(C)C)C(=O)c3ccccc3F)nc3ccccc3c2=O)c(C)c1. The fraction of sp³-hybridized carbons (Fsp3) is 0.276. The van der Waals surface area contributed by atoms with Gasteiger partial charge in [0.2, 0.25) is 0 Å². The van der Waals surface area contributed by atoms with Gasteiger partial charge >= 0.3 is 0 Å². The molecule has 0 saturated heterocycles. The summed E-state index contributed by atoms with van der Waals surface area (Å²) in [6.45, 7) is 10.2. The first kappa shape index (κ1) is 24.3. The van der Waals surface area contributed by atoms with E-state index in [-0.39, 0.29) is 17.0 Å². The number of rotatable bonds is 6. The minimum Gasteiger partial charge on any atom is -0.328 e. The molecule has 5 nitrogen and oxygen atoms in total. The van der Waals surface area contributed by atoms with Gasteiger partial charge in [0.05, 0.1) is 28.2 Å². The standard InChI is InChI=1S/C29H30FN3O2/c1-18(2)17-32(28(34)22-10-6-8-12-24(22)30)21(5)27-31-25-13-9-7-11-23(25)29(35)33(27)26-15-14-19(3)16-20(26)4/h6-16,18,21H,17H2,1-5H3. The van der Waals surface area contributed by atoms with E-state index in [1.165, 1.54) is 12.1 Å². The minimum absolute atomic E-state index is 0.00111. The summed E-state index contributed by atoms with van der Waals surface area (Å²) in [5.41, 5.74) is 3.08. The second-order valence-electron chi connectivity index (χ2n) is 9.42. The maximum Gasteiger partial charge on any atom is 0.266 e. The molecule has 4 rings (SSSR count). The number of nitrogens with zero attached hydrogens (tertiary/aromatic N) is 3. The number of hydrogen-bond acceptors (Lipinski definition) is 3. The number of amides is 1. The van der Waals surface area contributed by atoms with Crippen molar-refractivity contribution in [2.45, 2.75) is 40.7 Å². The second-order valence-corrected chi connectivity index (χ2v) is 9.42. The average Bonchev–Trinajstić information content (AvgIpc) is 2.82. The number of halogens is 1. The largest absolute Gasteiger partial charge is 0.328 e. The van der Waals surface area contributed by atoms with E-state index in [1.807, 2.05) is 65.0 Å². The molecule has 0 fully saturated rings. The van der Waals surface area contributed by atoms with Crippen molar-refractivity contribution in [2.75, 3.05) is 6.54 Å². The molecule has 0 bridgehead atoms. The van der Waals surface area contributed by atoms with Gasteiger partial charge in [0.1, 0.15) is 11.6 Å². The van der Waals surface area contributed by atoms with Gasteiger partial charge in [-0.1, -0.05) is 55.8 Å². The third kappa shape index (κ3) is 4.74. The van der Waals surface area contributed by atoms with E-state index in [0.717, 1.165) is 11.1 Å². The van der Waals surface area contributed by atoms with Crippen LogP contribution in [0.3, 0.4) is 0 Å². The highest BCUT2D eigenvalue weighted by atomic mass is 19.1. The molecule has 0 radical (unpaired) electrons. The Morgan fingerprint density at radius 3 is 2.37 bits per heavy atom. The van der Waals surface area contributed by atoms with Crippen LogP contribution >= 0.6 is 0 Å². The third-order valence-corrected chi connectivity index (χ3v) is 6.16. The van der Waals surface area contributed by atoms with Gasteiger partial charge in [0, 0.05) is 6.54 Å². The lowest BCUT2D eigenvalue weighted by Crippen LogP contribution is -2.40. The highest BCUT2D eigenvalue weighted by Crippen LogP contribution is 2.27. The lowest BCUT2D eigenvalue weighted by Gasteiger charge is -2.32. The summed E-state index contributed by atoms with van der Waals surface area (Å²) in [6, 6.07) is 18.5. The van der Waals surface area contributed by atoms with Crippen LogP contribution in [0.15, 0.2) is 71.5 Å². The van der Waals surface area contributed by atoms with Crippen LogP contribution in [0.5, 0.6) is 0 Å². The number of hydrogen-bond donors (Lipinski definition) is 0. The quantitative estimate of drug-likeness (QED) is 0.347. The Balaban J connectivity index is 1.96. The van der Waals surface area contributed by atoms with Crippen molar-refractivity contribution in [1.29, 1.82) is 0 Å². The molecule has 1 aromatic heterocycles. The Bertz CT molecular complexity index is 1460. The molecule has 0 aliphatic rings. The van der Waals surface area contributed by atoms with Gasteiger partial charge in [-0.15, -0.1) is 0 Å². The van der Waals surface area contributed by atoms with Crippen molar-refractivity contribution in [1.82, 2.24) is 14.5 Å². The van der Waals surface area contributed by atoms with Crippen molar-refractivity contribution in [3.63, 3.8) is 0 Å². The Kier molecular flexibility index (Phi) is 6.83. The maximum atomic E-state index is 14.6. The molecule has 1 heterocycles. The lowest BCUT2D eigenvalue weighted by atomic mass is 10.1. The van der Waals surface area contributed by atoms with Crippen LogP contribution in [0.25, 0.3) is 16.6 Å². The Hall–Kier alpha value is -3.80. The number of aryl methyl sites for hydroxylation is 2. The van der Waals surface area contributed by atoms with E-state index in [1.54, 1.807) is 33.7 Å². The molecule has 0 N–H and O–H groups in total. The van der Waals surface area contributed by atoms with Crippen molar-refractivity contribution in [3.8, 4) is 5.69 Å². The molecule has 0 spiro atoms. The molecule has 180 valence electrons. The third-order valence-electron chi connectivity index (χ3n) is 6.16. The van der Waals surface area contributed by atoms with Crippen LogP contribution in [-0.4, -0.2) is 26.9 Å². The Morgan fingerprint density at radius 2 is 1.69 bits per heavy atom. The van der Waals surface area contributed by atoms with Crippen LogP contribution in [-0.2, 0) is 0 Å². The van der Waals surface area contributed by atoms with Gasteiger partial charge in [0.25, 0.3) is 11.5 Å². The highest BCUT2D eigenvalue weighted by molar-refractivity contribution is 5.94. The van der Waals surface area contributed by atoms with Crippen molar-refractivity contribution >= 4 is 16.8 Å². The fourth-order valence-corrected chi connectivity index (χ4v) is 4.46. The number of benzene rings is 3. The molecule has 1 unspecified atom stereocenters. The van der Waals surface area contributed by atoms with Gasteiger partial charge in [-0.2, -0.15) is 0 Å². The molecule has 6 heteroatoms. The first-order chi connectivity index (χ1) is 16.7. The highest BCUT2D eigenvalue weighted by Gasteiger charge is 2.29. The van der Waals surface area contributed by atoms with E-state index < -0.39 is 17.8 Å². The molecule has 35 heavy (non-hydrogen) atoms. The van der Waals surface area contributed by atoms with Crippen LogP contribution in [0.2, 0.25) is 0 Å². The first-order valence-electron chi connectivity index (χ1n) is 11.8. The molecule has 1 amide bonds. The number of para-hydroxylation sites is 1. The molecule has 0 aliphatic carbocycles. The predicted molar refractivity (Wildman–Crippen MR) is 138 cm³/mol. The Morgan fingerprint density at radius 1 is 1.00 bits per heavy atom. The van der Waals surface area contributed by atoms with E-state index in [0.29, 0.717) is 29.0 Å². The average molecular weight is 472 g/mol. The lowest BCUT2D eigenvalue weighted by molar-refractivity contribution is 0.0650. The summed E-state index contributed by atoms with van der Waals surface area (Å²) in [5.74, 6) is -0.448. The van der Waals surface area contributed by atoms with Crippen LogP contribution in [0.4, 0.5) is 4.39 Å². The normalized spacial score (nSPS) is 12.2. The van der Waals surface area contributed by atoms with Gasteiger partial charge in [-0.3, -0.25) is 14.2 Å². The van der Waals surface area contributed by atoms with Gasteiger partial charge in [-0.25, -0.2) is 9.37 Å². The van der Waals surface area contributed by atoms with Crippen molar-refractivity contribution in [3.05, 3.63) is 105 Å². The molecular weight excluding hydrogens is 441 g/mol. The molecule has 4 aromatic rings. The Labute approximate surface area is 204 Å². The first-order valence-corrected chi connectivity index (χ1v) is 11.8. The van der Waals surface area contributed by atoms with Crippen LogP contribution in [0.1, 0.15) is 54.1 Å². The summed E-state index contributed by atoms with van der Waals surface area (Å²) in [5, 5.41) is 0.499. The monoisotopic (exact) mass is 471 g/mol. The fourth-order valence-electron chi connectivity index (χ4n) is 4.46. The summed E-state index contributed by atoms with van der Waals surface area (Å²) in [6.07, 6.45) is 0. The minimum atomic E-state index is -0.595. The second kappa shape index (κ2) is 9.82. The van der Waals surface area contributed by atoms with E-state index in [4.69, 9.17) is 4.98 Å². The van der Waals surface area contributed by atoms with E-state index in [2.05, 4.69) is 0 Å². The van der Waals surface area contributed by atoms with E-state index in [9.17, 15) is 14.0 Å². The van der Waals surface area contributed by atoms with Gasteiger partial charge in [-0.05, 0) is 62.6 Å². The van der Waals surface area contributed by atoms with Crippen molar-refractivity contribution in [2.24, 2.45) is 5.92 Å². The van der Waals surface area contributed by atoms with Gasteiger partial charge < -0.3 is 4.90 Å². The number of aromatic nitrogens is 2. The number of carbonyl (C=O) groups is 1. The van der Waals surface area contributed by atoms with Crippen molar-refractivity contribution < 1.29 is 9.18 Å². The zero-order valence-electron chi connectivity index (χ0n) is 20.7. The summed E-state index contributed by atoms with van der Waals surface area (Å²) < 4.78 is 16.2. The molecule has 3 aromatic carbocycles. The molecule has 0 aliphatic heterocycles. The zero-order valence-corrected chi connectivity index (χ0v) is 20.7.